The molecule has 0 fully saturated rings. The third-order valence-corrected chi connectivity index (χ3v) is 4.39. The Balaban J connectivity index is 2.43. The molecular weight excluding hydrogens is 351 g/mol. The number of fused-ring (bicyclic) bond motifs is 1. The lowest BCUT2D eigenvalue weighted by molar-refractivity contribution is -0.137. The van der Waals surface area contributed by atoms with Gasteiger partial charge in [0.15, 0.2) is 5.17 Å². The third kappa shape index (κ3) is 4.74. The number of nitrogens with zero attached hydrogens (tertiary/aromatic N) is 4. The lowest BCUT2D eigenvalue weighted by Crippen LogP contribution is -2.26. The van der Waals surface area contributed by atoms with Gasteiger partial charge in [-0.25, -0.2) is 4.68 Å². The number of aromatic nitrogens is 2. The highest BCUT2D eigenvalue weighted by atomic mass is 32.2. The van der Waals surface area contributed by atoms with Crippen molar-refractivity contribution in [2.45, 2.75) is 12.7 Å². The number of likely N-dealkylation sites (N-methyl/N-ethyl adjacent to an activating group) is 1. The zero-order valence-electron chi connectivity index (χ0n) is 14.7. The van der Waals surface area contributed by atoms with Gasteiger partial charge in [0.2, 0.25) is 0 Å². The highest BCUT2D eigenvalue weighted by molar-refractivity contribution is 8.13. The second-order valence-corrected chi connectivity index (χ2v) is 6.55. The van der Waals surface area contributed by atoms with E-state index in [0.717, 1.165) is 25.2 Å². The van der Waals surface area contributed by atoms with Crippen LogP contribution in [0.2, 0.25) is 0 Å². The van der Waals surface area contributed by atoms with E-state index in [1.807, 2.05) is 25.3 Å². The first-order chi connectivity index (χ1) is 11.8. The van der Waals surface area contributed by atoms with Crippen molar-refractivity contribution < 1.29 is 13.2 Å². The highest BCUT2D eigenvalue weighted by Gasteiger charge is 2.31. The van der Waals surface area contributed by atoms with Gasteiger partial charge >= 0.3 is 6.18 Å². The maximum atomic E-state index is 13.1. The van der Waals surface area contributed by atoms with Crippen LogP contribution >= 0.6 is 11.8 Å². The van der Waals surface area contributed by atoms with E-state index in [1.165, 1.54) is 17.8 Å². The van der Waals surface area contributed by atoms with Gasteiger partial charge in [-0.2, -0.15) is 18.3 Å². The third-order valence-electron chi connectivity index (χ3n) is 3.67. The number of rotatable bonds is 5. The van der Waals surface area contributed by atoms with E-state index >= 15 is 0 Å². The summed E-state index contributed by atoms with van der Waals surface area (Å²) in [7, 11) is 5.56. The Morgan fingerprint density at radius 3 is 2.64 bits per heavy atom. The molecule has 1 N–H and O–H groups in total. The summed E-state index contributed by atoms with van der Waals surface area (Å²) in [5.74, 6) is 0. The maximum absolute atomic E-state index is 13.1. The standard InChI is InChI=1S/C16H22F3N5S/c1-20-15(25-4)24-14-6-5-11(16(17,18)19)9-12(14)13(22-24)10-21-7-8-23(2)3/h5-6,9,21H,7-8,10H2,1-4H3. The van der Waals surface area contributed by atoms with Gasteiger partial charge in [0.1, 0.15) is 0 Å². The molecule has 0 saturated carbocycles. The van der Waals surface area contributed by atoms with Crippen LogP contribution in [0.4, 0.5) is 13.2 Å². The van der Waals surface area contributed by atoms with E-state index in [-0.39, 0.29) is 0 Å². The Labute approximate surface area is 149 Å². The SMILES string of the molecule is CN=C(SC)n1nc(CNCCN(C)C)c2cc(C(F)(F)F)ccc21. The number of hydrogen-bond acceptors (Lipinski definition) is 5. The summed E-state index contributed by atoms with van der Waals surface area (Å²) in [4.78, 5) is 6.19. The van der Waals surface area contributed by atoms with Crippen molar-refractivity contribution in [3.63, 3.8) is 0 Å². The molecule has 0 saturated heterocycles. The molecule has 0 amide bonds. The predicted molar refractivity (Wildman–Crippen MR) is 97.3 cm³/mol. The van der Waals surface area contributed by atoms with Gasteiger partial charge in [0.05, 0.1) is 16.8 Å². The number of thioether (sulfide) groups is 1. The minimum Gasteiger partial charge on any atom is -0.310 e. The maximum Gasteiger partial charge on any atom is 0.416 e. The molecule has 1 aromatic heterocycles. The van der Waals surface area contributed by atoms with Gasteiger partial charge in [-0.15, -0.1) is 0 Å². The summed E-state index contributed by atoms with van der Waals surface area (Å²) in [6, 6.07) is 3.70. The molecule has 0 radical (unpaired) electrons. The van der Waals surface area contributed by atoms with Gasteiger partial charge in [-0.1, -0.05) is 11.8 Å². The summed E-state index contributed by atoms with van der Waals surface area (Å²) in [5.41, 5.74) is 0.524. The molecule has 1 heterocycles. The molecule has 2 rings (SSSR count). The van der Waals surface area contributed by atoms with Crippen LogP contribution in [-0.2, 0) is 12.7 Å². The summed E-state index contributed by atoms with van der Waals surface area (Å²) >= 11 is 1.39. The molecule has 5 nitrogen and oxygen atoms in total. The van der Waals surface area contributed by atoms with E-state index in [4.69, 9.17) is 0 Å². The van der Waals surface area contributed by atoms with E-state index < -0.39 is 11.7 Å². The van der Waals surface area contributed by atoms with Gasteiger partial charge in [0.25, 0.3) is 0 Å². The lowest BCUT2D eigenvalue weighted by atomic mass is 10.1. The van der Waals surface area contributed by atoms with E-state index in [0.29, 0.717) is 28.3 Å². The number of hydrogen-bond donors (Lipinski definition) is 1. The zero-order valence-corrected chi connectivity index (χ0v) is 15.5. The minimum absolute atomic E-state index is 0.393. The van der Waals surface area contributed by atoms with Crippen LogP contribution in [0.5, 0.6) is 0 Å². The van der Waals surface area contributed by atoms with Crippen LogP contribution in [0.15, 0.2) is 23.2 Å². The molecule has 138 valence electrons. The van der Waals surface area contributed by atoms with Gasteiger partial charge in [-0.3, -0.25) is 4.99 Å². The topological polar surface area (TPSA) is 45.5 Å². The fourth-order valence-electron chi connectivity index (χ4n) is 2.41. The number of halogens is 3. The summed E-state index contributed by atoms with van der Waals surface area (Å²) < 4.78 is 40.8. The molecule has 0 bridgehead atoms. The molecule has 0 atom stereocenters. The average Bonchev–Trinajstić information content (AvgIpc) is 2.90. The fourth-order valence-corrected chi connectivity index (χ4v) is 2.91. The Hall–Kier alpha value is -1.58. The number of alkyl halides is 3. The Morgan fingerprint density at radius 2 is 2.08 bits per heavy atom. The molecule has 0 unspecified atom stereocenters. The first kappa shape index (κ1) is 19.7. The normalized spacial score (nSPS) is 13.2. The van der Waals surface area contributed by atoms with Crippen molar-refractivity contribution in [3.05, 3.63) is 29.5 Å². The zero-order chi connectivity index (χ0) is 18.6. The largest absolute Gasteiger partial charge is 0.416 e. The van der Waals surface area contributed by atoms with Crippen molar-refractivity contribution >= 4 is 27.8 Å². The highest BCUT2D eigenvalue weighted by Crippen LogP contribution is 2.32. The van der Waals surface area contributed by atoms with Crippen molar-refractivity contribution in [2.24, 2.45) is 4.99 Å². The molecule has 0 spiro atoms. The molecule has 0 aliphatic carbocycles. The van der Waals surface area contributed by atoms with Crippen molar-refractivity contribution in [3.8, 4) is 0 Å². The second kappa shape index (κ2) is 8.20. The summed E-state index contributed by atoms with van der Waals surface area (Å²) in [6.45, 7) is 1.94. The first-order valence-corrected chi connectivity index (χ1v) is 8.96. The molecule has 25 heavy (non-hydrogen) atoms. The molecule has 2 aromatic rings. The number of nitrogens with one attached hydrogen (secondary N) is 1. The van der Waals surface area contributed by atoms with Crippen molar-refractivity contribution in [1.29, 1.82) is 0 Å². The lowest BCUT2D eigenvalue weighted by Gasteiger charge is -2.09. The van der Waals surface area contributed by atoms with Crippen LogP contribution in [0, 0.1) is 0 Å². The molecular formula is C16H22F3N5S. The van der Waals surface area contributed by atoms with Gasteiger partial charge < -0.3 is 10.2 Å². The number of benzene rings is 1. The molecule has 1 aromatic carbocycles. The second-order valence-electron chi connectivity index (χ2n) is 5.78. The van der Waals surface area contributed by atoms with E-state index in [1.54, 1.807) is 11.7 Å². The molecule has 0 aliphatic rings. The minimum atomic E-state index is -4.38. The fraction of sp³-hybridized carbons (Fsp3) is 0.500. The van der Waals surface area contributed by atoms with E-state index in [9.17, 15) is 13.2 Å². The van der Waals surface area contributed by atoms with Gasteiger partial charge in [0, 0.05) is 32.1 Å². The smallest absolute Gasteiger partial charge is 0.310 e. The predicted octanol–water partition coefficient (Wildman–Crippen LogP) is 2.90. The van der Waals surface area contributed by atoms with Crippen molar-refractivity contribution in [2.75, 3.05) is 40.5 Å². The van der Waals surface area contributed by atoms with Crippen LogP contribution in [0.1, 0.15) is 11.3 Å². The quantitative estimate of drug-likeness (QED) is 0.497. The average molecular weight is 373 g/mol. The van der Waals surface area contributed by atoms with E-state index in [2.05, 4.69) is 15.4 Å². The van der Waals surface area contributed by atoms with Gasteiger partial charge in [-0.05, 0) is 38.6 Å². The Kier molecular flexibility index (Phi) is 6.47. The molecule has 9 heteroatoms. The van der Waals surface area contributed by atoms with Crippen LogP contribution in [0.25, 0.3) is 10.9 Å². The first-order valence-electron chi connectivity index (χ1n) is 7.73. The van der Waals surface area contributed by atoms with Crippen LogP contribution in [-0.4, -0.2) is 60.3 Å². The summed E-state index contributed by atoms with van der Waals surface area (Å²) in [6.07, 6.45) is -2.53. The monoisotopic (exact) mass is 373 g/mol. The molecule has 0 aliphatic heterocycles. The van der Waals surface area contributed by atoms with Crippen LogP contribution in [0.3, 0.4) is 0 Å². The summed E-state index contributed by atoms with van der Waals surface area (Å²) in [5, 5.41) is 8.84. The Morgan fingerprint density at radius 1 is 1.36 bits per heavy atom. The number of aliphatic imine (C=N–C) groups is 1. The van der Waals surface area contributed by atoms with Crippen molar-refractivity contribution in [1.82, 2.24) is 20.0 Å². The Bertz CT molecular complexity index is 752. The van der Waals surface area contributed by atoms with Crippen LogP contribution < -0.4 is 5.32 Å².